The second kappa shape index (κ2) is 8.84. The molecule has 0 spiro atoms. The summed E-state index contributed by atoms with van der Waals surface area (Å²) < 4.78 is 46.9. The zero-order valence-corrected chi connectivity index (χ0v) is 16.2. The molecule has 0 saturated carbocycles. The van der Waals surface area contributed by atoms with Crippen molar-refractivity contribution < 1.29 is 27.2 Å². The molecule has 162 valence electrons. The number of hydrogen-bond donors (Lipinski definition) is 1. The Morgan fingerprint density at radius 2 is 1.72 bits per heavy atom. The van der Waals surface area contributed by atoms with Gasteiger partial charge in [0.05, 0.1) is 17.6 Å². The Morgan fingerprint density at radius 1 is 0.969 bits per heavy atom. The largest absolute Gasteiger partial charge is 0.471 e. The molecule has 0 saturated heterocycles. The van der Waals surface area contributed by atoms with Gasteiger partial charge in [-0.25, -0.2) is 4.79 Å². The normalized spacial score (nSPS) is 11.2. The highest BCUT2D eigenvalue weighted by Gasteiger charge is 2.38. The van der Waals surface area contributed by atoms with E-state index in [1.54, 1.807) is 12.3 Å². The standard InChI is InChI=1S/C21H14F3N5O3/c22-21(23,24)19-28-18(29-32-19)17-9-7-15(11-26-17)27-20(30)31-12-13-6-8-16(25-10-13)14-4-2-1-3-5-14/h1-11H,12H2,(H,27,30). The highest BCUT2D eigenvalue weighted by molar-refractivity contribution is 5.84. The van der Waals surface area contributed by atoms with Crippen LogP contribution in [0.1, 0.15) is 11.5 Å². The topological polar surface area (TPSA) is 103 Å². The van der Waals surface area contributed by atoms with Gasteiger partial charge in [-0.15, -0.1) is 0 Å². The second-order valence-corrected chi connectivity index (χ2v) is 6.47. The average molecular weight is 441 g/mol. The van der Waals surface area contributed by atoms with Gasteiger partial charge < -0.3 is 9.26 Å². The molecule has 3 heterocycles. The van der Waals surface area contributed by atoms with E-state index in [0.29, 0.717) is 5.56 Å². The van der Waals surface area contributed by atoms with Crippen LogP contribution in [0.15, 0.2) is 71.5 Å². The summed E-state index contributed by atoms with van der Waals surface area (Å²) in [6, 6.07) is 16.0. The van der Waals surface area contributed by atoms with Crippen LogP contribution in [0.4, 0.5) is 23.7 Å². The third kappa shape index (κ3) is 5.06. The van der Waals surface area contributed by atoms with E-state index in [0.717, 1.165) is 11.3 Å². The maximum Gasteiger partial charge on any atom is 0.471 e. The number of halogens is 3. The molecule has 1 N–H and O–H groups in total. The zero-order valence-electron chi connectivity index (χ0n) is 16.2. The molecule has 1 aromatic carbocycles. The molecule has 4 rings (SSSR count). The van der Waals surface area contributed by atoms with E-state index in [-0.39, 0.29) is 23.8 Å². The van der Waals surface area contributed by atoms with Gasteiger partial charge in [0.1, 0.15) is 12.3 Å². The predicted octanol–water partition coefficient (Wildman–Crippen LogP) is 4.96. The lowest BCUT2D eigenvalue weighted by Gasteiger charge is -2.07. The van der Waals surface area contributed by atoms with Crippen LogP contribution in [0, 0.1) is 0 Å². The number of carbonyl (C=O) groups is 1. The summed E-state index contributed by atoms with van der Waals surface area (Å²) in [7, 11) is 0. The van der Waals surface area contributed by atoms with Crippen molar-refractivity contribution in [1.82, 2.24) is 20.1 Å². The number of carbonyl (C=O) groups excluding carboxylic acids is 1. The molecule has 0 radical (unpaired) electrons. The van der Waals surface area contributed by atoms with Gasteiger partial charge in [0.25, 0.3) is 0 Å². The average Bonchev–Trinajstić information content (AvgIpc) is 3.30. The van der Waals surface area contributed by atoms with Crippen molar-refractivity contribution in [3.05, 3.63) is 78.4 Å². The highest BCUT2D eigenvalue weighted by atomic mass is 19.4. The van der Waals surface area contributed by atoms with E-state index in [1.165, 1.54) is 18.3 Å². The van der Waals surface area contributed by atoms with Crippen molar-refractivity contribution in [2.75, 3.05) is 5.32 Å². The molecule has 3 aromatic heterocycles. The number of aromatic nitrogens is 4. The number of ether oxygens (including phenoxy) is 1. The number of alkyl halides is 3. The fourth-order valence-electron chi connectivity index (χ4n) is 2.64. The molecule has 11 heteroatoms. The van der Waals surface area contributed by atoms with E-state index in [9.17, 15) is 18.0 Å². The summed E-state index contributed by atoms with van der Waals surface area (Å²) in [6.45, 7) is 0.00247. The van der Waals surface area contributed by atoms with Gasteiger partial charge in [0.15, 0.2) is 0 Å². The van der Waals surface area contributed by atoms with Crippen LogP contribution in [0.25, 0.3) is 22.8 Å². The molecule has 0 fully saturated rings. The van der Waals surface area contributed by atoms with E-state index >= 15 is 0 Å². The first-order chi connectivity index (χ1) is 15.4. The van der Waals surface area contributed by atoms with Crippen LogP contribution in [0.3, 0.4) is 0 Å². The Bertz CT molecular complexity index is 1190. The molecule has 0 atom stereocenters. The molecule has 0 aliphatic heterocycles. The summed E-state index contributed by atoms with van der Waals surface area (Å²) in [5.41, 5.74) is 2.80. The number of benzene rings is 1. The Kier molecular flexibility index (Phi) is 5.79. The Labute approximate surface area is 179 Å². The van der Waals surface area contributed by atoms with Crippen molar-refractivity contribution in [2.45, 2.75) is 12.8 Å². The number of amides is 1. The Balaban J connectivity index is 1.31. The molecule has 0 aliphatic rings. The first kappa shape index (κ1) is 21.0. The Morgan fingerprint density at radius 3 is 2.34 bits per heavy atom. The van der Waals surface area contributed by atoms with Gasteiger partial charge in [-0.05, 0) is 18.2 Å². The first-order valence-corrected chi connectivity index (χ1v) is 9.20. The minimum atomic E-state index is -4.74. The predicted molar refractivity (Wildman–Crippen MR) is 106 cm³/mol. The van der Waals surface area contributed by atoms with Crippen molar-refractivity contribution >= 4 is 11.8 Å². The third-order valence-electron chi connectivity index (χ3n) is 4.17. The molecule has 0 bridgehead atoms. The summed E-state index contributed by atoms with van der Waals surface area (Å²) >= 11 is 0. The first-order valence-electron chi connectivity index (χ1n) is 9.20. The number of hydrogen-bond acceptors (Lipinski definition) is 7. The Hall–Kier alpha value is -4.28. The van der Waals surface area contributed by atoms with E-state index < -0.39 is 18.2 Å². The lowest BCUT2D eigenvalue weighted by Crippen LogP contribution is -2.13. The molecule has 0 unspecified atom stereocenters. The van der Waals surface area contributed by atoms with Gasteiger partial charge in [0.2, 0.25) is 5.82 Å². The van der Waals surface area contributed by atoms with Gasteiger partial charge >= 0.3 is 18.2 Å². The summed E-state index contributed by atoms with van der Waals surface area (Å²) in [5.74, 6) is -1.79. The van der Waals surface area contributed by atoms with Crippen molar-refractivity contribution in [3.63, 3.8) is 0 Å². The maximum absolute atomic E-state index is 12.5. The van der Waals surface area contributed by atoms with Crippen LogP contribution in [-0.4, -0.2) is 26.2 Å². The lowest BCUT2D eigenvalue weighted by atomic mass is 10.1. The van der Waals surface area contributed by atoms with Crippen LogP contribution in [0.5, 0.6) is 0 Å². The molecule has 4 aromatic rings. The van der Waals surface area contributed by atoms with Crippen molar-refractivity contribution in [1.29, 1.82) is 0 Å². The molecular formula is C21H14F3N5O3. The van der Waals surface area contributed by atoms with Gasteiger partial charge in [-0.2, -0.15) is 18.2 Å². The van der Waals surface area contributed by atoms with Gasteiger partial charge in [-0.1, -0.05) is 41.6 Å². The minimum absolute atomic E-state index is 0.00247. The lowest BCUT2D eigenvalue weighted by molar-refractivity contribution is -0.159. The number of nitrogens with one attached hydrogen (secondary N) is 1. The summed E-state index contributed by atoms with van der Waals surface area (Å²) in [4.78, 5) is 23.5. The number of anilines is 1. The molecule has 32 heavy (non-hydrogen) atoms. The smallest absolute Gasteiger partial charge is 0.444 e. The molecular weight excluding hydrogens is 427 g/mol. The monoisotopic (exact) mass is 441 g/mol. The molecule has 0 aliphatic carbocycles. The number of nitrogens with zero attached hydrogens (tertiary/aromatic N) is 4. The maximum atomic E-state index is 12.5. The minimum Gasteiger partial charge on any atom is -0.444 e. The second-order valence-electron chi connectivity index (χ2n) is 6.47. The van der Waals surface area contributed by atoms with Crippen molar-refractivity contribution in [3.8, 4) is 22.8 Å². The molecule has 8 nitrogen and oxygen atoms in total. The quantitative estimate of drug-likeness (QED) is 0.467. The zero-order chi connectivity index (χ0) is 22.6. The van der Waals surface area contributed by atoms with Crippen LogP contribution >= 0.6 is 0 Å². The van der Waals surface area contributed by atoms with E-state index in [2.05, 4.69) is 29.9 Å². The van der Waals surface area contributed by atoms with E-state index in [4.69, 9.17) is 4.74 Å². The highest BCUT2D eigenvalue weighted by Crippen LogP contribution is 2.29. The fourth-order valence-corrected chi connectivity index (χ4v) is 2.64. The van der Waals surface area contributed by atoms with Gasteiger partial charge in [0, 0.05) is 17.3 Å². The number of pyridine rings is 2. The fraction of sp³-hybridized carbons (Fsp3) is 0.0952. The van der Waals surface area contributed by atoms with Crippen LogP contribution < -0.4 is 5.32 Å². The third-order valence-corrected chi connectivity index (χ3v) is 4.17. The SMILES string of the molecule is O=C(Nc1ccc(-c2noc(C(F)(F)F)n2)nc1)OCc1ccc(-c2ccccc2)nc1. The van der Waals surface area contributed by atoms with E-state index in [1.807, 2.05) is 36.4 Å². The summed E-state index contributed by atoms with van der Waals surface area (Å²) in [5, 5.41) is 5.71. The summed E-state index contributed by atoms with van der Waals surface area (Å²) in [6.07, 6.45) is -2.62. The van der Waals surface area contributed by atoms with Gasteiger partial charge in [-0.3, -0.25) is 15.3 Å². The van der Waals surface area contributed by atoms with Crippen LogP contribution in [0.2, 0.25) is 0 Å². The van der Waals surface area contributed by atoms with Crippen molar-refractivity contribution in [2.24, 2.45) is 0 Å². The molecule has 1 amide bonds. The number of rotatable bonds is 5. The van der Waals surface area contributed by atoms with Crippen LogP contribution in [-0.2, 0) is 17.5 Å².